The number of rotatable bonds is 4. The average Bonchev–Trinajstić information content (AvgIpc) is 3.48. The highest BCUT2D eigenvalue weighted by Crippen LogP contribution is 2.46. The minimum atomic E-state index is -0.569. The lowest BCUT2D eigenvalue weighted by Gasteiger charge is -2.23. The molecule has 0 bridgehead atoms. The van der Waals surface area contributed by atoms with E-state index < -0.39 is 5.91 Å². The molecule has 8 nitrogen and oxygen atoms in total. The molecule has 1 aliphatic carbocycles. The quantitative estimate of drug-likeness (QED) is 0.414. The third-order valence-electron chi connectivity index (χ3n) is 6.83. The molecule has 0 radical (unpaired) electrons. The third kappa shape index (κ3) is 3.09. The van der Waals surface area contributed by atoms with Gasteiger partial charge < -0.3 is 16.2 Å². The number of nitrogen functional groups attached to an aromatic ring is 1. The van der Waals surface area contributed by atoms with E-state index in [0.29, 0.717) is 22.7 Å². The van der Waals surface area contributed by atoms with E-state index in [1.807, 2.05) is 22.4 Å². The molecule has 4 aromatic rings. The van der Waals surface area contributed by atoms with Crippen LogP contribution in [0.15, 0.2) is 29.0 Å². The van der Waals surface area contributed by atoms with E-state index in [9.17, 15) is 4.79 Å². The number of halogens is 1. The van der Waals surface area contributed by atoms with Crippen molar-refractivity contribution in [2.75, 3.05) is 12.3 Å². The van der Waals surface area contributed by atoms with Crippen molar-refractivity contribution in [1.82, 2.24) is 19.3 Å². The second kappa shape index (κ2) is 7.56. The number of nitrogens with zero attached hydrogens (tertiary/aromatic N) is 4. The number of hydrogen-bond donors (Lipinski definition) is 2. The van der Waals surface area contributed by atoms with Gasteiger partial charge in [0.25, 0.3) is 5.91 Å². The molecule has 0 spiro atoms. The van der Waals surface area contributed by atoms with Crippen molar-refractivity contribution < 1.29 is 9.53 Å². The number of amides is 1. The number of pyridine rings is 1. The van der Waals surface area contributed by atoms with Crippen LogP contribution in [0.4, 0.5) is 5.82 Å². The maximum atomic E-state index is 12.4. The number of ether oxygens (including phenoxy) is 1. The molecule has 1 atom stereocenters. The van der Waals surface area contributed by atoms with Gasteiger partial charge in [0.05, 0.1) is 38.6 Å². The summed E-state index contributed by atoms with van der Waals surface area (Å²) >= 11 is 3.79. The molecule has 9 heteroatoms. The van der Waals surface area contributed by atoms with E-state index in [4.69, 9.17) is 21.3 Å². The van der Waals surface area contributed by atoms with Crippen molar-refractivity contribution in [2.45, 2.75) is 51.2 Å². The van der Waals surface area contributed by atoms with E-state index in [1.54, 1.807) is 6.20 Å². The van der Waals surface area contributed by atoms with Gasteiger partial charge in [-0.05, 0) is 66.6 Å². The Morgan fingerprint density at radius 1 is 1.18 bits per heavy atom. The van der Waals surface area contributed by atoms with Crippen molar-refractivity contribution in [1.29, 1.82) is 0 Å². The van der Waals surface area contributed by atoms with Crippen LogP contribution in [0.2, 0.25) is 0 Å². The lowest BCUT2D eigenvalue weighted by atomic mass is 10.1. The Bertz CT molecular complexity index is 1430. The maximum absolute atomic E-state index is 12.4. The summed E-state index contributed by atoms with van der Waals surface area (Å²) < 4.78 is 10.8. The lowest BCUT2D eigenvalue weighted by Crippen LogP contribution is -2.19. The highest BCUT2D eigenvalue weighted by atomic mass is 79.9. The summed E-state index contributed by atoms with van der Waals surface area (Å²) in [6.07, 6.45) is 8.86. The van der Waals surface area contributed by atoms with Gasteiger partial charge in [0.1, 0.15) is 5.82 Å². The summed E-state index contributed by atoms with van der Waals surface area (Å²) in [5, 5.41) is 6.29. The fourth-order valence-electron chi connectivity index (χ4n) is 5.05. The molecule has 1 aromatic carbocycles. The number of anilines is 1. The van der Waals surface area contributed by atoms with Crippen LogP contribution in [0, 0.1) is 6.92 Å². The summed E-state index contributed by atoms with van der Waals surface area (Å²) in [7, 11) is 0. The molecule has 33 heavy (non-hydrogen) atoms. The number of nitrogens with two attached hydrogens (primary N) is 2. The van der Waals surface area contributed by atoms with Gasteiger partial charge in [-0.3, -0.25) is 14.3 Å². The molecule has 6 rings (SSSR count). The smallest absolute Gasteiger partial charge is 0.253 e. The molecule has 4 heterocycles. The SMILES string of the molecule is Cc1ccc2c(cnn2C2CCCCO2)c1-n1c(N)c(C(N)=O)c2cnc(C3CC3)c(Br)c21. The first kappa shape index (κ1) is 20.7. The molecule has 1 amide bonds. The Morgan fingerprint density at radius 3 is 2.70 bits per heavy atom. The molecule has 1 unspecified atom stereocenters. The van der Waals surface area contributed by atoms with Gasteiger partial charge in [0.15, 0.2) is 6.23 Å². The number of aromatic nitrogens is 4. The highest BCUT2D eigenvalue weighted by molar-refractivity contribution is 9.10. The molecule has 2 fully saturated rings. The zero-order chi connectivity index (χ0) is 22.9. The highest BCUT2D eigenvalue weighted by Gasteiger charge is 2.32. The number of primary amides is 1. The van der Waals surface area contributed by atoms with Crippen LogP contribution in [-0.2, 0) is 4.74 Å². The molecular formula is C24H25BrN6O2. The zero-order valence-corrected chi connectivity index (χ0v) is 19.9. The molecule has 170 valence electrons. The Kier molecular flexibility index (Phi) is 4.74. The Hall–Kier alpha value is -2.91. The second-order valence-electron chi connectivity index (χ2n) is 9.03. The monoisotopic (exact) mass is 508 g/mol. The molecule has 1 aliphatic heterocycles. The summed E-state index contributed by atoms with van der Waals surface area (Å²) in [5.41, 5.74) is 17.4. The summed E-state index contributed by atoms with van der Waals surface area (Å²) in [6.45, 7) is 2.78. The van der Waals surface area contributed by atoms with E-state index >= 15 is 0 Å². The minimum Gasteiger partial charge on any atom is -0.384 e. The molecule has 1 saturated carbocycles. The van der Waals surface area contributed by atoms with Gasteiger partial charge in [-0.25, -0.2) is 4.68 Å². The molecule has 4 N–H and O–H groups in total. The van der Waals surface area contributed by atoms with Crippen molar-refractivity contribution in [3.8, 4) is 5.69 Å². The summed E-state index contributed by atoms with van der Waals surface area (Å²) in [4.78, 5) is 17.1. The van der Waals surface area contributed by atoms with E-state index in [1.165, 1.54) is 0 Å². The normalized spacial score (nSPS) is 18.9. The first-order valence-electron chi connectivity index (χ1n) is 11.3. The molecule has 2 aliphatic rings. The van der Waals surface area contributed by atoms with Crippen molar-refractivity contribution in [3.63, 3.8) is 0 Å². The van der Waals surface area contributed by atoms with Crippen LogP contribution in [0.1, 0.15) is 65.9 Å². The number of aryl methyl sites for hydroxylation is 1. The Morgan fingerprint density at radius 2 is 2.00 bits per heavy atom. The van der Waals surface area contributed by atoms with Crippen LogP contribution in [-0.4, -0.2) is 31.8 Å². The predicted molar refractivity (Wildman–Crippen MR) is 131 cm³/mol. The number of carbonyl (C=O) groups is 1. The lowest BCUT2D eigenvalue weighted by molar-refractivity contribution is -0.0366. The average molecular weight is 509 g/mol. The third-order valence-corrected chi connectivity index (χ3v) is 7.61. The number of hydrogen-bond acceptors (Lipinski definition) is 5. The van der Waals surface area contributed by atoms with Gasteiger partial charge in [0, 0.05) is 29.5 Å². The topological polar surface area (TPSA) is 114 Å². The zero-order valence-electron chi connectivity index (χ0n) is 18.3. The van der Waals surface area contributed by atoms with Gasteiger partial charge in [-0.2, -0.15) is 5.10 Å². The largest absolute Gasteiger partial charge is 0.384 e. The van der Waals surface area contributed by atoms with Crippen LogP contribution in [0.3, 0.4) is 0 Å². The number of benzene rings is 1. The maximum Gasteiger partial charge on any atom is 0.253 e. The number of carbonyl (C=O) groups excluding carboxylic acids is 1. The number of fused-ring (bicyclic) bond motifs is 2. The molecular weight excluding hydrogens is 484 g/mol. The van der Waals surface area contributed by atoms with E-state index in [2.05, 4.69) is 33.0 Å². The van der Waals surface area contributed by atoms with Crippen molar-refractivity contribution >= 4 is 49.5 Å². The van der Waals surface area contributed by atoms with Gasteiger partial charge in [0.2, 0.25) is 0 Å². The van der Waals surface area contributed by atoms with E-state index in [-0.39, 0.29) is 6.23 Å². The van der Waals surface area contributed by atoms with Gasteiger partial charge >= 0.3 is 0 Å². The molecule has 3 aromatic heterocycles. The van der Waals surface area contributed by atoms with Crippen molar-refractivity contribution in [2.24, 2.45) is 5.73 Å². The van der Waals surface area contributed by atoms with Crippen LogP contribution < -0.4 is 11.5 Å². The second-order valence-corrected chi connectivity index (χ2v) is 9.82. The fraction of sp³-hybridized carbons (Fsp3) is 0.375. The standard InChI is InChI=1S/C24H25BrN6O2/c1-12-5-8-16-14(11-29-31(16)17-4-2-3-9-33-17)21(12)30-22-15(18(23(30)26)24(27)32)10-28-20(19(22)25)13-6-7-13/h5,8,10-11,13,17H,2-4,6-7,9,26H2,1H3,(H2,27,32). The Balaban J connectivity index is 1.66. The Labute approximate surface area is 199 Å². The van der Waals surface area contributed by atoms with Crippen LogP contribution >= 0.6 is 15.9 Å². The fourth-order valence-corrected chi connectivity index (χ4v) is 5.87. The minimum absolute atomic E-state index is 0.0795. The molecule has 1 saturated heterocycles. The summed E-state index contributed by atoms with van der Waals surface area (Å²) in [5.74, 6) is 0.166. The van der Waals surface area contributed by atoms with Gasteiger partial charge in [-0.15, -0.1) is 0 Å². The van der Waals surface area contributed by atoms with Crippen molar-refractivity contribution in [3.05, 3.63) is 45.8 Å². The van der Waals surface area contributed by atoms with Crippen LogP contribution in [0.5, 0.6) is 0 Å². The van der Waals surface area contributed by atoms with Gasteiger partial charge in [-0.1, -0.05) is 6.07 Å². The first-order valence-corrected chi connectivity index (χ1v) is 12.1. The van der Waals surface area contributed by atoms with E-state index in [0.717, 1.165) is 76.5 Å². The summed E-state index contributed by atoms with van der Waals surface area (Å²) in [6, 6.07) is 4.13. The first-order chi connectivity index (χ1) is 16.0. The predicted octanol–water partition coefficient (Wildman–Crippen LogP) is 4.70. The van der Waals surface area contributed by atoms with Crippen LogP contribution in [0.25, 0.3) is 27.5 Å².